The van der Waals surface area contributed by atoms with Crippen LogP contribution in [0.25, 0.3) is 0 Å². The number of benzene rings is 1. The maximum Gasteiger partial charge on any atom is 0.222 e. The van der Waals surface area contributed by atoms with Crippen LogP contribution in [0.2, 0.25) is 5.02 Å². The molecule has 1 aromatic heterocycles. The van der Waals surface area contributed by atoms with E-state index in [2.05, 4.69) is 4.98 Å². The highest BCUT2D eigenvalue weighted by Gasteiger charge is 2.06. The molecule has 82 valence electrons. The lowest BCUT2D eigenvalue weighted by atomic mass is 10.3. The van der Waals surface area contributed by atoms with Crippen LogP contribution in [0.1, 0.15) is 5.56 Å². The van der Waals surface area contributed by atoms with Gasteiger partial charge in [-0.3, -0.25) is 0 Å². The van der Waals surface area contributed by atoms with Gasteiger partial charge in [-0.05, 0) is 31.2 Å². The van der Waals surface area contributed by atoms with Gasteiger partial charge in [-0.15, -0.1) is 0 Å². The minimum Gasteiger partial charge on any atom is -0.437 e. The highest BCUT2D eigenvalue weighted by atomic mass is 35.5. The third-order valence-electron chi connectivity index (χ3n) is 2.12. The van der Waals surface area contributed by atoms with Gasteiger partial charge in [-0.1, -0.05) is 17.7 Å². The minimum absolute atomic E-state index is 0.477. The van der Waals surface area contributed by atoms with E-state index in [0.29, 0.717) is 22.3 Å². The van der Waals surface area contributed by atoms with Crippen molar-refractivity contribution in [2.75, 3.05) is 5.73 Å². The van der Waals surface area contributed by atoms with Gasteiger partial charge in [0.1, 0.15) is 5.75 Å². The van der Waals surface area contributed by atoms with Crippen LogP contribution >= 0.6 is 11.6 Å². The fraction of sp³-hybridized carbons (Fsp3) is 0.0833. The van der Waals surface area contributed by atoms with Crippen LogP contribution < -0.4 is 10.5 Å². The quantitative estimate of drug-likeness (QED) is 0.810. The zero-order chi connectivity index (χ0) is 11.5. The number of aryl methyl sites for hydroxylation is 1. The van der Waals surface area contributed by atoms with Crippen LogP contribution in [0, 0.1) is 6.92 Å². The summed E-state index contributed by atoms with van der Waals surface area (Å²) in [6.07, 6.45) is 1.67. The second kappa shape index (κ2) is 4.41. The molecule has 0 bridgehead atoms. The first-order valence-corrected chi connectivity index (χ1v) is 5.19. The van der Waals surface area contributed by atoms with E-state index in [-0.39, 0.29) is 0 Å². The lowest BCUT2D eigenvalue weighted by Crippen LogP contribution is -1.92. The van der Waals surface area contributed by atoms with Gasteiger partial charge in [-0.2, -0.15) is 0 Å². The Hall–Kier alpha value is -1.74. The molecule has 2 rings (SSSR count). The molecule has 1 aromatic carbocycles. The smallest absolute Gasteiger partial charge is 0.222 e. The third kappa shape index (κ3) is 2.25. The largest absolute Gasteiger partial charge is 0.437 e. The van der Waals surface area contributed by atoms with E-state index in [1.165, 1.54) is 0 Å². The maximum atomic E-state index is 6.00. The zero-order valence-electron chi connectivity index (χ0n) is 8.77. The summed E-state index contributed by atoms with van der Waals surface area (Å²) >= 11 is 6.00. The first-order chi connectivity index (χ1) is 7.66. The number of anilines is 1. The van der Waals surface area contributed by atoms with Crippen molar-refractivity contribution in [3.8, 4) is 11.6 Å². The van der Waals surface area contributed by atoms with E-state index in [1.807, 2.05) is 19.1 Å². The van der Waals surface area contributed by atoms with E-state index in [0.717, 1.165) is 5.56 Å². The van der Waals surface area contributed by atoms with Crippen LogP contribution in [-0.2, 0) is 0 Å². The molecule has 0 saturated heterocycles. The predicted octanol–water partition coefficient (Wildman–Crippen LogP) is 3.42. The van der Waals surface area contributed by atoms with E-state index in [9.17, 15) is 0 Å². The fourth-order valence-corrected chi connectivity index (χ4v) is 1.51. The summed E-state index contributed by atoms with van der Waals surface area (Å²) < 4.78 is 5.60. The topological polar surface area (TPSA) is 48.1 Å². The molecule has 0 aliphatic heterocycles. The Balaban J connectivity index is 2.31. The number of hydrogen-bond acceptors (Lipinski definition) is 3. The van der Waals surface area contributed by atoms with Gasteiger partial charge in [0.15, 0.2) is 0 Å². The lowest BCUT2D eigenvalue weighted by molar-refractivity contribution is 0.459. The van der Waals surface area contributed by atoms with E-state index in [1.54, 1.807) is 24.4 Å². The molecule has 0 aliphatic rings. The monoisotopic (exact) mass is 234 g/mol. The fourth-order valence-electron chi connectivity index (χ4n) is 1.28. The zero-order valence-corrected chi connectivity index (χ0v) is 9.53. The van der Waals surface area contributed by atoms with Gasteiger partial charge in [0.05, 0.1) is 5.02 Å². The molecule has 0 fully saturated rings. The molecule has 0 unspecified atom stereocenters. The first kappa shape index (κ1) is 10.8. The number of nitrogens with zero attached hydrogens (tertiary/aromatic N) is 1. The average molecular weight is 235 g/mol. The molecule has 0 aliphatic carbocycles. The standard InChI is InChI=1S/C12H11ClN2O/c1-8-3-2-6-15-12(8)16-11-5-4-9(14)7-10(11)13/h2-7H,14H2,1H3. The Morgan fingerprint density at radius 2 is 2.12 bits per heavy atom. The molecule has 0 saturated carbocycles. The Bertz CT molecular complexity index is 514. The van der Waals surface area contributed by atoms with Crippen molar-refractivity contribution >= 4 is 17.3 Å². The molecule has 0 atom stereocenters. The summed E-state index contributed by atoms with van der Waals surface area (Å²) in [5.41, 5.74) is 7.16. The highest BCUT2D eigenvalue weighted by Crippen LogP contribution is 2.30. The van der Waals surface area contributed by atoms with Gasteiger partial charge in [0, 0.05) is 17.4 Å². The van der Waals surface area contributed by atoms with Gasteiger partial charge in [-0.25, -0.2) is 4.98 Å². The van der Waals surface area contributed by atoms with Crippen LogP contribution in [0.15, 0.2) is 36.5 Å². The molecule has 3 nitrogen and oxygen atoms in total. The number of ether oxygens (including phenoxy) is 1. The molecule has 16 heavy (non-hydrogen) atoms. The molecule has 2 N–H and O–H groups in total. The molecule has 0 amide bonds. The van der Waals surface area contributed by atoms with Crippen LogP contribution in [-0.4, -0.2) is 4.98 Å². The average Bonchev–Trinajstić information content (AvgIpc) is 2.25. The lowest BCUT2D eigenvalue weighted by Gasteiger charge is -2.08. The second-order valence-electron chi connectivity index (χ2n) is 3.42. The van der Waals surface area contributed by atoms with Crippen molar-refractivity contribution in [3.63, 3.8) is 0 Å². The van der Waals surface area contributed by atoms with E-state index < -0.39 is 0 Å². The Labute approximate surface area is 98.8 Å². The molecular weight excluding hydrogens is 224 g/mol. The number of rotatable bonds is 2. The number of aromatic nitrogens is 1. The van der Waals surface area contributed by atoms with Crippen molar-refractivity contribution in [1.29, 1.82) is 0 Å². The summed E-state index contributed by atoms with van der Waals surface area (Å²) in [5, 5.41) is 0.477. The summed E-state index contributed by atoms with van der Waals surface area (Å²) in [6, 6.07) is 8.89. The van der Waals surface area contributed by atoms with E-state index >= 15 is 0 Å². The summed E-state index contributed by atoms with van der Waals surface area (Å²) in [6.45, 7) is 1.92. The van der Waals surface area contributed by atoms with Crippen molar-refractivity contribution in [2.45, 2.75) is 6.92 Å². The van der Waals surface area contributed by atoms with Crippen molar-refractivity contribution in [2.24, 2.45) is 0 Å². The van der Waals surface area contributed by atoms with Crippen LogP contribution in [0.3, 0.4) is 0 Å². The summed E-state index contributed by atoms with van der Waals surface area (Å²) in [5.74, 6) is 1.10. The second-order valence-corrected chi connectivity index (χ2v) is 3.82. The molecular formula is C12H11ClN2O. The minimum atomic E-state index is 0.477. The summed E-state index contributed by atoms with van der Waals surface area (Å²) in [7, 11) is 0. The van der Waals surface area contributed by atoms with Gasteiger partial charge >= 0.3 is 0 Å². The Morgan fingerprint density at radius 3 is 2.81 bits per heavy atom. The van der Waals surface area contributed by atoms with Crippen LogP contribution in [0.5, 0.6) is 11.6 Å². The molecule has 0 spiro atoms. The normalized spacial score (nSPS) is 10.1. The number of halogens is 1. The predicted molar refractivity (Wildman–Crippen MR) is 64.9 cm³/mol. The number of nitrogen functional groups attached to an aromatic ring is 1. The highest BCUT2D eigenvalue weighted by molar-refractivity contribution is 6.32. The maximum absolute atomic E-state index is 6.00. The molecule has 2 aromatic rings. The SMILES string of the molecule is Cc1cccnc1Oc1ccc(N)cc1Cl. The molecule has 0 radical (unpaired) electrons. The van der Waals surface area contributed by atoms with Crippen LogP contribution in [0.4, 0.5) is 5.69 Å². The van der Waals surface area contributed by atoms with Gasteiger partial charge in [0.25, 0.3) is 0 Å². The van der Waals surface area contributed by atoms with Gasteiger partial charge in [0.2, 0.25) is 5.88 Å². The third-order valence-corrected chi connectivity index (χ3v) is 2.42. The van der Waals surface area contributed by atoms with E-state index in [4.69, 9.17) is 22.1 Å². The van der Waals surface area contributed by atoms with Gasteiger partial charge < -0.3 is 10.5 Å². The van der Waals surface area contributed by atoms with Crippen molar-refractivity contribution in [3.05, 3.63) is 47.1 Å². The Kier molecular flexibility index (Phi) is 2.97. The van der Waals surface area contributed by atoms with Crippen molar-refractivity contribution < 1.29 is 4.74 Å². The Morgan fingerprint density at radius 1 is 1.31 bits per heavy atom. The number of pyridine rings is 1. The summed E-state index contributed by atoms with van der Waals surface area (Å²) in [4.78, 5) is 4.12. The first-order valence-electron chi connectivity index (χ1n) is 4.81. The van der Waals surface area contributed by atoms with Crippen molar-refractivity contribution in [1.82, 2.24) is 4.98 Å². The molecule has 1 heterocycles. The number of nitrogens with two attached hydrogens (primary N) is 1. The molecule has 4 heteroatoms. The number of hydrogen-bond donors (Lipinski definition) is 1.